The van der Waals surface area contributed by atoms with Crippen LogP contribution in [0.15, 0.2) is 205 Å². The molecule has 10 aromatic rings. The molecule has 4 aromatic carbocycles. The van der Waals surface area contributed by atoms with E-state index >= 15 is 0 Å². The van der Waals surface area contributed by atoms with Crippen LogP contribution < -0.4 is 0 Å². The molecule has 0 aliphatic carbocycles. The molecule has 0 N–H and O–H groups in total. The van der Waals surface area contributed by atoms with Gasteiger partial charge in [-0.25, -0.2) is 20.0 Å². The maximum absolute atomic E-state index is 5.48. The van der Waals surface area contributed by atoms with Gasteiger partial charge in [-0.1, -0.05) is 84.9 Å². The van der Waals surface area contributed by atoms with Crippen LogP contribution in [0.3, 0.4) is 0 Å². The molecular formula is C52H32N8. The fourth-order valence-corrected chi connectivity index (χ4v) is 7.72. The van der Waals surface area contributed by atoms with Crippen molar-refractivity contribution < 1.29 is 0 Å². The minimum atomic E-state index is 0.690. The zero-order chi connectivity index (χ0) is 39.8. The molecule has 0 bridgehead atoms. The molecule has 8 nitrogen and oxygen atoms in total. The Labute approximate surface area is 345 Å². The smallest absolute Gasteiger partial charge is 0.116 e. The van der Waals surface area contributed by atoms with Gasteiger partial charge in [-0.3, -0.25) is 19.9 Å². The van der Waals surface area contributed by atoms with Crippen LogP contribution in [-0.4, -0.2) is 41.3 Å². The minimum Gasteiger partial charge on any atom is -0.265 e. The van der Waals surface area contributed by atoms with Crippen molar-refractivity contribution in [3.63, 3.8) is 0 Å². The number of benzene rings is 4. The summed E-state index contributed by atoms with van der Waals surface area (Å²) in [5.74, 6) is 0. The standard InChI is InChI=1S/C52H32N8/c1-3-7-45-39(5-1)27-47-51(57-45)49(37-13-9-33(10-14-37)41-25-43(31-55-29-41)35-17-21-53-22-18-35)60-48-28-40-6-2-4-8-46(40)58-52(48)50(59-47)38-15-11-34(12-16-38)42-26-44(32-56-30-42)36-19-23-54-24-20-36/h1-32H. The number of pyridine rings is 6. The van der Waals surface area contributed by atoms with E-state index in [1.165, 1.54) is 0 Å². The molecule has 0 radical (unpaired) electrons. The Bertz CT molecular complexity index is 3070. The van der Waals surface area contributed by atoms with Crippen molar-refractivity contribution in [1.82, 2.24) is 29.9 Å². The molecule has 0 spiro atoms. The van der Waals surface area contributed by atoms with E-state index in [0.717, 1.165) is 77.4 Å². The second-order valence-corrected chi connectivity index (χ2v) is 14.6. The first-order valence-corrected chi connectivity index (χ1v) is 19.6. The van der Waals surface area contributed by atoms with Gasteiger partial charge in [0.05, 0.1) is 33.8 Å². The molecule has 7 heterocycles. The molecule has 11 rings (SSSR count). The Balaban J connectivity index is 1.05. The van der Waals surface area contributed by atoms with Crippen LogP contribution in [0.1, 0.15) is 22.5 Å². The van der Waals surface area contributed by atoms with Gasteiger partial charge in [0.15, 0.2) is 0 Å². The number of aliphatic imine (C=N–C) groups is 2. The third kappa shape index (κ3) is 6.58. The fourth-order valence-electron chi connectivity index (χ4n) is 7.72. The highest BCUT2D eigenvalue weighted by Crippen LogP contribution is 2.36. The maximum atomic E-state index is 5.48. The van der Waals surface area contributed by atoms with E-state index in [1.54, 1.807) is 24.8 Å². The van der Waals surface area contributed by atoms with Gasteiger partial charge < -0.3 is 0 Å². The SMILES string of the molecule is c1ccc2nc3c(cc2c1)N=C(c1ccc(-c2cncc(-c4ccncc4)c2)cc1)c1nc2ccccc2cc1N=C3c1ccc(-c2cncc(-c3ccncc3)c2)cc1. The van der Waals surface area contributed by atoms with Gasteiger partial charge in [0.25, 0.3) is 0 Å². The summed E-state index contributed by atoms with van der Waals surface area (Å²) in [7, 11) is 0. The van der Waals surface area contributed by atoms with E-state index in [2.05, 4.69) is 105 Å². The second-order valence-electron chi connectivity index (χ2n) is 14.6. The zero-order valence-corrected chi connectivity index (χ0v) is 32.1. The van der Waals surface area contributed by atoms with Gasteiger partial charge in [0.2, 0.25) is 0 Å². The van der Waals surface area contributed by atoms with Crippen LogP contribution in [0.4, 0.5) is 11.4 Å². The lowest BCUT2D eigenvalue weighted by atomic mass is 9.96. The summed E-state index contributed by atoms with van der Waals surface area (Å²) in [5.41, 5.74) is 16.0. The molecule has 8 heteroatoms. The maximum Gasteiger partial charge on any atom is 0.116 e. The topological polar surface area (TPSA) is 102 Å². The molecule has 0 saturated heterocycles. The lowest BCUT2D eigenvalue weighted by Gasteiger charge is -2.18. The highest BCUT2D eigenvalue weighted by atomic mass is 14.9. The van der Waals surface area contributed by atoms with Crippen molar-refractivity contribution in [2.75, 3.05) is 0 Å². The van der Waals surface area contributed by atoms with Crippen LogP contribution >= 0.6 is 0 Å². The average molecular weight is 769 g/mol. The van der Waals surface area contributed by atoms with Gasteiger partial charge in [0, 0.05) is 93.7 Å². The van der Waals surface area contributed by atoms with Crippen molar-refractivity contribution in [2.45, 2.75) is 0 Å². The highest BCUT2D eigenvalue weighted by molar-refractivity contribution is 6.22. The van der Waals surface area contributed by atoms with E-state index in [1.807, 2.05) is 85.5 Å². The first-order valence-electron chi connectivity index (χ1n) is 19.6. The molecule has 280 valence electrons. The normalized spacial score (nSPS) is 12.2. The van der Waals surface area contributed by atoms with Crippen molar-refractivity contribution in [3.05, 3.63) is 218 Å². The van der Waals surface area contributed by atoms with Crippen LogP contribution in [-0.2, 0) is 0 Å². The predicted molar refractivity (Wildman–Crippen MR) is 240 cm³/mol. The molecule has 0 atom stereocenters. The van der Waals surface area contributed by atoms with Crippen LogP contribution in [0.5, 0.6) is 0 Å². The molecule has 0 saturated carbocycles. The Morgan fingerprint density at radius 2 is 0.633 bits per heavy atom. The summed E-state index contributed by atoms with van der Waals surface area (Å²) in [4.78, 5) is 39.0. The van der Waals surface area contributed by atoms with Crippen molar-refractivity contribution in [3.8, 4) is 44.5 Å². The molecule has 60 heavy (non-hydrogen) atoms. The fraction of sp³-hybridized carbons (Fsp3) is 0. The third-order valence-electron chi connectivity index (χ3n) is 10.8. The van der Waals surface area contributed by atoms with E-state index in [9.17, 15) is 0 Å². The number of aromatic nitrogens is 6. The summed E-state index contributed by atoms with van der Waals surface area (Å²) in [5, 5.41) is 1.97. The van der Waals surface area contributed by atoms with Gasteiger partial charge in [-0.05, 0) is 82.9 Å². The van der Waals surface area contributed by atoms with Crippen molar-refractivity contribution >= 4 is 44.6 Å². The molecule has 1 aliphatic heterocycles. The molecule has 1 aliphatic rings. The first kappa shape index (κ1) is 34.9. The third-order valence-corrected chi connectivity index (χ3v) is 10.8. The number of rotatable bonds is 6. The number of para-hydroxylation sites is 2. The molecule has 0 fully saturated rings. The van der Waals surface area contributed by atoms with E-state index in [0.29, 0.717) is 34.2 Å². The monoisotopic (exact) mass is 768 g/mol. The lowest BCUT2D eigenvalue weighted by molar-refractivity contribution is 1.27. The number of nitrogens with zero attached hydrogens (tertiary/aromatic N) is 8. The molecule has 0 amide bonds. The second kappa shape index (κ2) is 14.9. The van der Waals surface area contributed by atoms with Crippen LogP contribution in [0, 0.1) is 0 Å². The summed E-state index contributed by atoms with van der Waals surface area (Å²) in [6.45, 7) is 0. The van der Waals surface area contributed by atoms with Gasteiger partial charge >= 0.3 is 0 Å². The first-order chi connectivity index (χ1) is 29.7. The number of fused-ring (bicyclic) bond motifs is 4. The summed E-state index contributed by atoms with van der Waals surface area (Å²) < 4.78 is 0. The predicted octanol–water partition coefficient (Wildman–Crippen LogP) is 11.7. The number of hydrogen-bond acceptors (Lipinski definition) is 8. The van der Waals surface area contributed by atoms with Crippen LogP contribution in [0.25, 0.3) is 66.3 Å². The van der Waals surface area contributed by atoms with E-state index in [-0.39, 0.29) is 0 Å². The molecule has 6 aromatic heterocycles. The lowest BCUT2D eigenvalue weighted by Crippen LogP contribution is -2.13. The summed E-state index contributed by atoms with van der Waals surface area (Å²) in [6, 6.07) is 49.6. The largest absolute Gasteiger partial charge is 0.265 e. The van der Waals surface area contributed by atoms with Gasteiger partial charge in [-0.15, -0.1) is 0 Å². The van der Waals surface area contributed by atoms with Gasteiger partial charge in [0.1, 0.15) is 11.4 Å². The Kier molecular flexibility index (Phi) is 8.63. The summed E-state index contributed by atoms with van der Waals surface area (Å²) >= 11 is 0. The van der Waals surface area contributed by atoms with Crippen molar-refractivity contribution in [2.24, 2.45) is 9.98 Å². The zero-order valence-electron chi connectivity index (χ0n) is 32.1. The highest BCUT2D eigenvalue weighted by Gasteiger charge is 2.24. The Morgan fingerprint density at radius 1 is 0.283 bits per heavy atom. The van der Waals surface area contributed by atoms with Gasteiger partial charge in [-0.2, -0.15) is 0 Å². The van der Waals surface area contributed by atoms with E-state index < -0.39 is 0 Å². The van der Waals surface area contributed by atoms with Crippen LogP contribution in [0.2, 0.25) is 0 Å². The molecule has 0 unspecified atom stereocenters. The minimum absolute atomic E-state index is 0.690. The number of hydrogen-bond donors (Lipinski definition) is 0. The summed E-state index contributed by atoms with van der Waals surface area (Å²) in [6.07, 6.45) is 14.7. The average Bonchev–Trinajstić information content (AvgIpc) is 3.32. The van der Waals surface area contributed by atoms with E-state index in [4.69, 9.17) is 20.0 Å². The quantitative estimate of drug-likeness (QED) is 0.167. The Hall–Kier alpha value is -8.36. The molecular weight excluding hydrogens is 737 g/mol. The van der Waals surface area contributed by atoms with Crippen molar-refractivity contribution in [1.29, 1.82) is 0 Å². The Morgan fingerprint density at radius 3 is 1.03 bits per heavy atom.